The van der Waals surface area contributed by atoms with Gasteiger partial charge in [-0.15, -0.1) is 0 Å². The van der Waals surface area contributed by atoms with Crippen LogP contribution in [0.15, 0.2) is 36.7 Å². The van der Waals surface area contributed by atoms with Gasteiger partial charge in [0, 0.05) is 12.4 Å². The normalized spacial score (nSPS) is 10.7. The Bertz CT molecular complexity index is 800. The number of anilines is 2. The number of rotatable bonds is 4. The van der Waals surface area contributed by atoms with Gasteiger partial charge >= 0.3 is 0 Å². The molecule has 5 nitrogen and oxygen atoms in total. The minimum Gasteiger partial charge on any atom is -0.391 e. The second kappa shape index (κ2) is 6.21. The monoisotopic (exact) mass is 312 g/mol. The molecular formula is C16H16N4OS. The Morgan fingerprint density at radius 1 is 1.14 bits per heavy atom. The van der Waals surface area contributed by atoms with E-state index in [9.17, 15) is 5.11 Å². The van der Waals surface area contributed by atoms with Gasteiger partial charge in [-0.05, 0) is 43.2 Å². The van der Waals surface area contributed by atoms with Crippen molar-refractivity contribution < 1.29 is 5.11 Å². The van der Waals surface area contributed by atoms with Gasteiger partial charge in [0.05, 0.1) is 17.2 Å². The first-order valence-electron chi connectivity index (χ1n) is 6.89. The van der Waals surface area contributed by atoms with Gasteiger partial charge in [0.25, 0.3) is 0 Å². The molecule has 0 aromatic carbocycles. The zero-order valence-electron chi connectivity index (χ0n) is 12.4. The maximum Gasteiger partial charge on any atom is 0.189 e. The molecule has 0 amide bonds. The molecule has 3 aromatic rings. The molecule has 0 unspecified atom stereocenters. The van der Waals surface area contributed by atoms with Crippen molar-refractivity contribution in [3.63, 3.8) is 0 Å². The third-order valence-corrected chi connectivity index (χ3v) is 4.18. The van der Waals surface area contributed by atoms with Crippen LogP contribution in [-0.2, 0) is 6.61 Å². The molecule has 0 saturated carbocycles. The molecule has 0 atom stereocenters. The molecule has 2 N–H and O–H groups in total. The van der Waals surface area contributed by atoms with E-state index in [4.69, 9.17) is 0 Å². The molecule has 6 heteroatoms. The maximum absolute atomic E-state index is 9.59. The molecule has 3 rings (SSSR count). The Balaban J connectivity index is 1.97. The number of aromatic nitrogens is 3. The molecule has 0 radical (unpaired) electrons. The Labute approximate surface area is 132 Å². The van der Waals surface area contributed by atoms with Crippen molar-refractivity contribution in [3.05, 3.63) is 52.7 Å². The third kappa shape index (κ3) is 2.98. The highest BCUT2D eigenvalue weighted by atomic mass is 32.1. The van der Waals surface area contributed by atoms with Crippen molar-refractivity contribution in [1.82, 2.24) is 15.0 Å². The topological polar surface area (TPSA) is 70.9 Å². The van der Waals surface area contributed by atoms with Crippen LogP contribution in [0, 0.1) is 13.8 Å². The lowest BCUT2D eigenvalue weighted by molar-refractivity contribution is 0.286. The second-order valence-electron chi connectivity index (χ2n) is 4.96. The number of thiazole rings is 1. The lowest BCUT2D eigenvalue weighted by atomic mass is 10.1. The zero-order valence-corrected chi connectivity index (χ0v) is 13.2. The second-order valence-corrected chi connectivity index (χ2v) is 6.04. The highest BCUT2D eigenvalue weighted by Crippen LogP contribution is 2.32. The van der Waals surface area contributed by atoms with E-state index >= 15 is 0 Å². The fraction of sp³-hybridized carbons (Fsp3) is 0.188. The summed E-state index contributed by atoms with van der Waals surface area (Å²) < 4.78 is 0. The van der Waals surface area contributed by atoms with E-state index in [2.05, 4.69) is 20.3 Å². The van der Waals surface area contributed by atoms with Crippen LogP contribution in [0.5, 0.6) is 0 Å². The molecular weight excluding hydrogens is 296 g/mol. The third-order valence-electron chi connectivity index (χ3n) is 3.23. The molecule has 0 fully saturated rings. The zero-order chi connectivity index (χ0) is 15.5. The summed E-state index contributed by atoms with van der Waals surface area (Å²) in [4.78, 5) is 14.0. The summed E-state index contributed by atoms with van der Waals surface area (Å²) >= 11 is 1.41. The van der Waals surface area contributed by atoms with Gasteiger partial charge in [0.1, 0.15) is 11.5 Å². The maximum atomic E-state index is 9.59. The van der Waals surface area contributed by atoms with E-state index < -0.39 is 0 Å². The van der Waals surface area contributed by atoms with Crippen LogP contribution in [0.2, 0.25) is 0 Å². The quantitative estimate of drug-likeness (QED) is 0.772. The fourth-order valence-electron chi connectivity index (χ4n) is 2.15. The van der Waals surface area contributed by atoms with Gasteiger partial charge in [0.2, 0.25) is 0 Å². The van der Waals surface area contributed by atoms with E-state index in [1.54, 1.807) is 12.4 Å². The van der Waals surface area contributed by atoms with Crippen molar-refractivity contribution in [3.8, 4) is 11.4 Å². The number of hydrogen-bond acceptors (Lipinski definition) is 6. The fourth-order valence-corrected chi connectivity index (χ4v) is 2.97. The Morgan fingerprint density at radius 3 is 2.73 bits per heavy atom. The molecule has 3 aromatic heterocycles. The van der Waals surface area contributed by atoms with Gasteiger partial charge in [-0.3, -0.25) is 4.98 Å². The number of hydrogen-bond donors (Lipinski definition) is 2. The molecule has 0 spiro atoms. The van der Waals surface area contributed by atoms with Crippen LogP contribution in [0.1, 0.15) is 16.0 Å². The summed E-state index contributed by atoms with van der Waals surface area (Å²) in [5.74, 6) is 0.738. The molecule has 112 valence electrons. The molecule has 22 heavy (non-hydrogen) atoms. The lowest BCUT2D eigenvalue weighted by Gasteiger charge is -2.03. The summed E-state index contributed by atoms with van der Waals surface area (Å²) in [5.41, 5.74) is 3.67. The SMILES string of the molecule is Cc1ccnc(Nc2nc(-c3ncccc3C)c(CO)s2)c1. The molecule has 0 aliphatic carbocycles. The van der Waals surface area contributed by atoms with E-state index in [1.807, 2.05) is 38.1 Å². The van der Waals surface area contributed by atoms with Crippen molar-refractivity contribution in [2.45, 2.75) is 20.5 Å². The minimum atomic E-state index is -0.0636. The molecule has 0 saturated heterocycles. The van der Waals surface area contributed by atoms with Gasteiger partial charge in [-0.1, -0.05) is 17.4 Å². The summed E-state index contributed by atoms with van der Waals surface area (Å²) in [7, 11) is 0. The standard InChI is InChI=1S/C16H16N4OS/c1-10-5-7-17-13(8-10)19-16-20-15(12(9-21)22-16)14-11(2)4-3-6-18-14/h3-8,21H,9H2,1-2H3,(H,17,19,20). The predicted molar refractivity (Wildman–Crippen MR) is 88.3 cm³/mol. The highest BCUT2D eigenvalue weighted by Gasteiger charge is 2.15. The summed E-state index contributed by atoms with van der Waals surface area (Å²) in [5, 5.41) is 13.5. The average molecular weight is 312 g/mol. The van der Waals surface area contributed by atoms with Crippen LogP contribution in [0.25, 0.3) is 11.4 Å². The number of nitrogens with zero attached hydrogens (tertiary/aromatic N) is 3. The number of aryl methyl sites for hydroxylation is 2. The summed E-state index contributed by atoms with van der Waals surface area (Å²) in [6, 6.07) is 7.76. The Morgan fingerprint density at radius 2 is 2.00 bits per heavy atom. The highest BCUT2D eigenvalue weighted by molar-refractivity contribution is 7.16. The van der Waals surface area contributed by atoms with Crippen LogP contribution >= 0.6 is 11.3 Å². The summed E-state index contributed by atoms with van der Waals surface area (Å²) in [6.45, 7) is 3.93. The van der Waals surface area contributed by atoms with Crippen LogP contribution in [-0.4, -0.2) is 20.1 Å². The van der Waals surface area contributed by atoms with Gasteiger partial charge in [0.15, 0.2) is 5.13 Å². The van der Waals surface area contributed by atoms with Gasteiger partial charge in [-0.2, -0.15) is 0 Å². The predicted octanol–water partition coefficient (Wildman–Crippen LogP) is 3.45. The number of aliphatic hydroxyl groups is 1. The molecule has 3 heterocycles. The van der Waals surface area contributed by atoms with E-state index in [0.29, 0.717) is 5.13 Å². The summed E-state index contributed by atoms with van der Waals surface area (Å²) in [6.07, 6.45) is 3.49. The largest absolute Gasteiger partial charge is 0.391 e. The van der Waals surface area contributed by atoms with Crippen molar-refractivity contribution in [2.75, 3.05) is 5.32 Å². The lowest BCUT2D eigenvalue weighted by Crippen LogP contribution is -1.94. The van der Waals surface area contributed by atoms with E-state index in [0.717, 1.165) is 33.2 Å². The number of pyridine rings is 2. The van der Waals surface area contributed by atoms with Crippen LogP contribution in [0.3, 0.4) is 0 Å². The number of nitrogens with one attached hydrogen (secondary N) is 1. The molecule has 0 aliphatic heterocycles. The molecule has 0 aliphatic rings. The van der Waals surface area contributed by atoms with E-state index in [1.165, 1.54) is 11.3 Å². The van der Waals surface area contributed by atoms with Crippen LogP contribution < -0.4 is 5.32 Å². The molecule has 0 bridgehead atoms. The number of aliphatic hydroxyl groups excluding tert-OH is 1. The minimum absolute atomic E-state index is 0.0636. The Hall–Kier alpha value is -2.31. The van der Waals surface area contributed by atoms with Crippen molar-refractivity contribution >= 4 is 22.3 Å². The smallest absolute Gasteiger partial charge is 0.189 e. The Kier molecular flexibility index (Phi) is 4.13. The first-order valence-corrected chi connectivity index (χ1v) is 7.71. The van der Waals surface area contributed by atoms with Crippen LogP contribution in [0.4, 0.5) is 10.9 Å². The van der Waals surface area contributed by atoms with Gasteiger partial charge in [-0.25, -0.2) is 9.97 Å². The first-order chi connectivity index (χ1) is 10.7. The van der Waals surface area contributed by atoms with Crippen molar-refractivity contribution in [2.24, 2.45) is 0 Å². The van der Waals surface area contributed by atoms with Gasteiger partial charge < -0.3 is 10.4 Å². The first kappa shape index (κ1) is 14.6. The van der Waals surface area contributed by atoms with Crippen molar-refractivity contribution in [1.29, 1.82) is 0 Å². The van der Waals surface area contributed by atoms with E-state index in [-0.39, 0.29) is 6.61 Å². The average Bonchev–Trinajstić information content (AvgIpc) is 2.90.